The topological polar surface area (TPSA) is 76.8 Å². The number of fused-ring (bicyclic) bond motifs is 1. The molecule has 0 spiro atoms. The number of carbonyl (C=O) groups is 2. The monoisotopic (exact) mass is 428 g/mol. The third-order valence-corrected chi connectivity index (χ3v) is 7.03. The molecule has 2 aliphatic rings. The van der Waals surface area contributed by atoms with Gasteiger partial charge >= 0.3 is 5.69 Å². The van der Waals surface area contributed by atoms with Crippen LogP contribution in [0.4, 0.5) is 0 Å². The van der Waals surface area contributed by atoms with E-state index in [0.717, 1.165) is 42.5 Å². The molecule has 4 rings (SSSR count). The van der Waals surface area contributed by atoms with E-state index in [9.17, 15) is 14.4 Å². The van der Waals surface area contributed by atoms with Crippen molar-refractivity contribution >= 4 is 22.8 Å². The second-order valence-electron chi connectivity index (χ2n) is 8.86. The average Bonchev–Trinajstić information content (AvgIpc) is 3.03. The van der Waals surface area contributed by atoms with Gasteiger partial charge in [0.1, 0.15) is 5.75 Å². The Bertz CT molecular complexity index is 1020. The number of hydrogen-bond acceptors (Lipinski definition) is 4. The lowest BCUT2D eigenvalue weighted by Gasteiger charge is -2.37. The molecule has 2 fully saturated rings. The number of nitrogens with zero attached hydrogens (tertiary/aromatic N) is 4. The van der Waals surface area contributed by atoms with E-state index in [1.54, 1.807) is 30.5 Å². The maximum absolute atomic E-state index is 12.9. The zero-order valence-electron chi connectivity index (χ0n) is 18.7. The van der Waals surface area contributed by atoms with E-state index in [1.807, 2.05) is 27.7 Å². The fourth-order valence-electron chi connectivity index (χ4n) is 5.04. The van der Waals surface area contributed by atoms with Crippen LogP contribution in [0.25, 0.3) is 11.0 Å². The van der Waals surface area contributed by atoms with Crippen LogP contribution < -0.4 is 10.4 Å². The molecule has 1 saturated carbocycles. The Morgan fingerprint density at radius 2 is 1.65 bits per heavy atom. The van der Waals surface area contributed by atoms with E-state index in [1.165, 1.54) is 0 Å². The molecule has 0 unspecified atom stereocenters. The molecule has 2 aromatic rings. The third kappa shape index (κ3) is 4.20. The molecule has 1 saturated heterocycles. The van der Waals surface area contributed by atoms with Crippen LogP contribution in [0, 0.1) is 11.8 Å². The van der Waals surface area contributed by atoms with Crippen LogP contribution in [0.15, 0.2) is 23.0 Å². The van der Waals surface area contributed by atoms with Crippen molar-refractivity contribution in [2.45, 2.75) is 39.2 Å². The van der Waals surface area contributed by atoms with Gasteiger partial charge in [0.25, 0.3) is 0 Å². The lowest BCUT2D eigenvalue weighted by Crippen LogP contribution is -2.51. The van der Waals surface area contributed by atoms with Gasteiger partial charge in [-0.25, -0.2) is 4.79 Å². The van der Waals surface area contributed by atoms with Crippen LogP contribution in [0.2, 0.25) is 0 Å². The van der Waals surface area contributed by atoms with Crippen molar-refractivity contribution in [2.24, 2.45) is 18.9 Å². The van der Waals surface area contributed by atoms with Gasteiger partial charge in [0.15, 0.2) is 0 Å². The molecular formula is C23H32N4O4. The Morgan fingerprint density at radius 1 is 1.00 bits per heavy atom. The van der Waals surface area contributed by atoms with Gasteiger partial charge in [0.2, 0.25) is 11.8 Å². The molecule has 2 amide bonds. The van der Waals surface area contributed by atoms with Crippen LogP contribution in [0.5, 0.6) is 5.75 Å². The molecule has 0 N–H and O–H groups in total. The summed E-state index contributed by atoms with van der Waals surface area (Å²) in [7, 11) is 3.43. The minimum Gasteiger partial charge on any atom is -0.497 e. The Morgan fingerprint density at radius 3 is 2.26 bits per heavy atom. The van der Waals surface area contributed by atoms with Crippen LogP contribution in [0.1, 0.15) is 32.6 Å². The summed E-state index contributed by atoms with van der Waals surface area (Å²) < 4.78 is 8.88. The Labute approximate surface area is 182 Å². The van der Waals surface area contributed by atoms with Gasteiger partial charge in [-0.1, -0.05) is 0 Å². The number of piperazine rings is 1. The maximum Gasteiger partial charge on any atom is 0.328 e. The highest BCUT2D eigenvalue weighted by Crippen LogP contribution is 2.32. The van der Waals surface area contributed by atoms with Crippen LogP contribution >= 0.6 is 0 Å². The molecule has 1 aliphatic carbocycles. The highest BCUT2D eigenvalue weighted by molar-refractivity contribution is 5.80. The number of ether oxygens (including phenoxy) is 1. The molecule has 8 nitrogen and oxygen atoms in total. The van der Waals surface area contributed by atoms with E-state index >= 15 is 0 Å². The summed E-state index contributed by atoms with van der Waals surface area (Å²) in [6.07, 6.45) is 3.60. The van der Waals surface area contributed by atoms with E-state index in [-0.39, 0.29) is 23.4 Å². The standard InChI is InChI=1S/C23H32N4O4/c1-16(28)25-10-12-26(13-11-25)22(29)18-6-4-17(5-7-18)15-27-21-14-19(31-3)8-9-20(21)24(2)23(27)30/h8-9,14,17-18H,4-7,10-13,15H2,1-3H3/t17-,18-. The zero-order chi connectivity index (χ0) is 22.1. The molecule has 2 heterocycles. The van der Waals surface area contributed by atoms with Gasteiger partial charge in [-0.15, -0.1) is 0 Å². The number of amides is 2. The number of rotatable bonds is 4. The smallest absolute Gasteiger partial charge is 0.328 e. The van der Waals surface area contributed by atoms with Crippen molar-refractivity contribution in [1.82, 2.24) is 18.9 Å². The minimum atomic E-state index is -0.00945. The number of methoxy groups -OCH3 is 1. The van der Waals surface area contributed by atoms with Crippen molar-refractivity contribution in [1.29, 1.82) is 0 Å². The fourth-order valence-corrected chi connectivity index (χ4v) is 5.04. The molecule has 1 aliphatic heterocycles. The van der Waals surface area contributed by atoms with Crippen molar-refractivity contribution < 1.29 is 14.3 Å². The van der Waals surface area contributed by atoms with Gasteiger partial charge < -0.3 is 14.5 Å². The summed E-state index contributed by atoms with van der Waals surface area (Å²) in [6, 6.07) is 5.72. The van der Waals surface area contributed by atoms with Gasteiger partial charge in [0.05, 0.1) is 18.1 Å². The normalized spacial score (nSPS) is 22.0. The molecule has 0 radical (unpaired) electrons. The largest absolute Gasteiger partial charge is 0.497 e. The average molecular weight is 429 g/mol. The summed E-state index contributed by atoms with van der Waals surface area (Å²) in [6.45, 7) is 4.77. The molecule has 168 valence electrons. The predicted molar refractivity (Wildman–Crippen MR) is 118 cm³/mol. The molecular weight excluding hydrogens is 396 g/mol. The number of hydrogen-bond donors (Lipinski definition) is 0. The van der Waals surface area contributed by atoms with Crippen molar-refractivity contribution in [3.05, 3.63) is 28.7 Å². The van der Waals surface area contributed by atoms with Gasteiger partial charge in [-0.05, 0) is 43.7 Å². The first kappa shape index (κ1) is 21.5. The molecule has 0 bridgehead atoms. The minimum absolute atomic E-state index is 0.00945. The van der Waals surface area contributed by atoms with Crippen molar-refractivity contribution in [3.8, 4) is 5.75 Å². The van der Waals surface area contributed by atoms with E-state index in [2.05, 4.69) is 0 Å². The van der Waals surface area contributed by atoms with Gasteiger partial charge in [-0.2, -0.15) is 0 Å². The number of imidazole rings is 1. The lowest BCUT2D eigenvalue weighted by molar-refractivity contribution is -0.142. The Kier molecular flexibility index (Phi) is 6.07. The molecule has 31 heavy (non-hydrogen) atoms. The van der Waals surface area contributed by atoms with Crippen molar-refractivity contribution in [2.75, 3.05) is 33.3 Å². The van der Waals surface area contributed by atoms with Crippen molar-refractivity contribution in [3.63, 3.8) is 0 Å². The highest BCUT2D eigenvalue weighted by Gasteiger charge is 2.32. The number of benzene rings is 1. The zero-order valence-corrected chi connectivity index (χ0v) is 18.7. The first-order valence-electron chi connectivity index (χ1n) is 11.2. The third-order valence-electron chi connectivity index (χ3n) is 7.03. The highest BCUT2D eigenvalue weighted by atomic mass is 16.5. The van der Waals surface area contributed by atoms with Crippen LogP contribution in [-0.4, -0.2) is 64.0 Å². The number of aromatic nitrogens is 2. The molecule has 0 atom stereocenters. The van der Waals surface area contributed by atoms with E-state index < -0.39 is 0 Å². The first-order chi connectivity index (χ1) is 14.9. The van der Waals surface area contributed by atoms with Gasteiger partial charge in [0, 0.05) is 58.7 Å². The quantitative estimate of drug-likeness (QED) is 0.745. The Hall–Kier alpha value is -2.77. The predicted octanol–water partition coefficient (Wildman–Crippen LogP) is 1.85. The lowest BCUT2D eigenvalue weighted by atomic mass is 9.81. The van der Waals surface area contributed by atoms with E-state index in [4.69, 9.17) is 4.74 Å². The summed E-state index contributed by atoms with van der Waals surface area (Å²) in [4.78, 5) is 41.0. The van der Waals surface area contributed by atoms with Gasteiger partial charge in [-0.3, -0.25) is 18.7 Å². The number of aryl methyl sites for hydroxylation is 1. The second kappa shape index (κ2) is 8.77. The first-order valence-corrected chi connectivity index (χ1v) is 11.2. The molecule has 8 heteroatoms. The van der Waals surface area contributed by atoms with Crippen LogP contribution in [-0.2, 0) is 23.2 Å². The van der Waals surface area contributed by atoms with Crippen LogP contribution in [0.3, 0.4) is 0 Å². The summed E-state index contributed by atoms with van der Waals surface area (Å²) in [5, 5.41) is 0. The fraction of sp³-hybridized carbons (Fsp3) is 0.609. The summed E-state index contributed by atoms with van der Waals surface area (Å²) >= 11 is 0. The molecule has 1 aromatic heterocycles. The molecule has 1 aromatic carbocycles. The SMILES string of the molecule is COc1ccc2c(c1)n(C[C@H]1CC[C@H](C(=O)N3CCN(C(C)=O)CC3)CC1)c(=O)n2C. The van der Waals surface area contributed by atoms with E-state index in [0.29, 0.717) is 38.6 Å². The Balaban J connectivity index is 1.38. The second-order valence-corrected chi connectivity index (χ2v) is 8.86. The number of carbonyl (C=O) groups excluding carboxylic acids is 2. The maximum atomic E-state index is 12.9. The summed E-state index contributed by atoms with van der Waals surface area (Å²) in [5.41, 5.74) is 1.79. The summed E-state index contributed by atoms with van der Waals surface area (Å²) in [5.74, 6) is 1.49.